The molecule has 3 atom stereocenters. The maximum Gasteiger partial charge on any atom is 0.0591 e. The molecule has 0 aromatic heterocycles. The van der Waals surface area contributed by atoms with Crippen molar-refractivity contribution in [3.8, 4) is 0 Å². The summed E-state index contributed by atoms with van der Waals surface area (Å²) < 4.78 is 0. The summed E-state index contributed by atoms with van der Waals surface area (Å²) in [6.45, 7) is 11.8. The Morgan fingerprint density at radius 3 is 2.53 bits per heavy atom. The van der Waals surface area contributed by atoms with Gasteiger partial charge in [-0.25, -0.2) is 0 Å². The molecule has 0 spiro atoms. The Balaban J connectivity index is 2.47. The van der Waals surface area contributed by atoms with Crippen molar-refractivity contribution in [1.29, 1.82) is 0 Å². The summed E-state index contributed by atoms with van der Waals surface area (Å²) in [5.41, 5.74) is 0.00367. The van der Waals surface area contributed by atoms with Gasteiger partial charge >= 0.3 is 0 Å². The van der Waals surface area contributed by atoms with E-state index in [0.29, 0.717) is 12.0 Å². The minimum absolute atomic E-state index is 0.00367. The van der Waals surface area contributed by atoms with Gasteiger partial charge in [-0.1, -0.05) is 27.7 Å². The van der Waals surface area contributed by atoms with E-state index in [0.717, 1.165) is 26.1 Å². The standard InChI is InChI=1S/C14H30N2O/c1-6-15-12-7-11(9-16(5)10-12)8-13(17)14(2,3)4/h11-13,15,17H,6-10H2,1-5H3. The maximum absolute atomic E-state index is 10.2. The largest absolute Gasteiger partial charge is 0.393 e. The molecule has 0 aliphatic carbocycles. The van der Waals surface area contributed by atoms with Crippen LogP contribution in [0, 0.1) is 11.3 Å². The van der Waals surface area contributed by atoms with Crippen LogP contribution in [0.4, 0.5) is 0 Å². The minimum atomic E-state index is -0.193. The molecule has 0 amide bonds. The van der Waals surface area contributed by atoms with Crippen molar-refractivity contribution in [3.05, 3.63) is 0 Å². The van der Waals surface area contributed by atoms with E-state index in [1.807, 2.05) is 0 Å². The van der Waals surface area contributed by atoms with Gasteiger partial charge < -0.3 is 15.3 Å². The lowest BCUT2D eigenvalue weighted by Gasteiger charge is -2.38. The Kier molecular flexibility index (Phi) is 5.42. The van der Waals surface area contributed by atoms with Crippen LogP contribution >= 0.6 is 0 Å². The summed E-state index contributed by atoms with van der Waals surface area (Å²) in [4.78, 5) is 2.39. The Labute approximate surface area is 107 Å². The zero-order chi connectivity index (χ0) is 13.1. The Morgan fingerprint density at radius 1 is 1.35 bits per heavy atom. The summed E-state index contributed by atoms with van der Waals surface area (Å²) >= 11 is 0. The summed E-state index contributed by atoms with van der Waals surface area (Å²) in [5, 5.41) is 13.7. The van der Waals surface area contributed by atoms with Crippen LogP contribution in [0.15, 0.2) is 0 Å². The van der Waals surface area contributed by atoms with Gasteiger partial charge in [-0.15, -0.1) is 0 Å². The third-order valence-electron chi connectivity index (χ3n) is 3.77. The van der Waals surface area contributed by atoms with Crippen molar-refractivity contribution in [2.24, 2.45) is 11.3 Å². The third-order valence-corrected chi connectivity index (χ3v) is 3.77. The van der Waals surface area contributed by atoms with Crippen LogP contribution in [-0.4, -0.2) is 48.8 Å². The molecule has 0 aromatic carbocycles. The first-order valence-electron chi connectivity index (χ1n) is 6.93. The zero-order valence-corrected chi connectivity index (χ0v) is 12.2. The Morgan fingerprint density at radius 2 is 2.00 bits per heavy atom. The van der Waals surface area contributed by atoms with Crippen molar-refractivity contribution in [2.75, 3.05) is 26.7 Å². The van der Waals surface area contributed by atoms with Gasteiger partial charge in [0, 0.05) is 19.1 Å². The molecule has 2 N–H and O–H groups in total. The molecule has 1 saturated heterocycles. The average Bonchev–Trinajstić information content (AvgIpc) is 2.15. The van der Waals surface area contributed by atoms with Gasteiger partial charge in [0.1, 0.15) is 0 Å². The van der Waals surface area contributed by atoms with Crippen LogP contribution < -0.4 is 5.32 Å². The van der Waals surface area contributed by atoms with E-state index in [1.54, 1.807) is 0 Å². The molecule has 3 heteroatoms. The fourth-order valence-corrected chi connectivity index (χ4v) is 2.72. The molecule has 3 nitrogen and oxygen atoms in total. The van der Waals surface area contributed by atoms with Crippen molar-refractivity contribution in [3.63, 3.8) is 0 Å². The summed E-state index contributed by atoms with van der Waals surface area (Å²) in [7, 11) is 2.18. The number of piperidine rings is 1. The molecule has 0 saturated carbocycles. The summed E-state index contributed by atoms with van der Waals surface area (Å²) in [6, 6.07) is 0.593. The number of likely N-dealkylation sites (tertiary alicyclic amines) is 1. The van der Waals surface area contributed by atoms with Crippen LogP contribution in [0.2, 0.25) is 0 Å². The smallest absolute Gasteiger partial charge is 0.0591 e. The second-order valence-electron chi connectivity index (χ2n) is 6.70. The molecule has 17 heavy (non-hydrogen) atoms. The molecular formula is C14H30N2O. The normalized spacial score (nSPS) is 29.3. The second-order valence-corrected chi connectivity index (χ2v) is 6.70. The maximum atomic E-state index is 10.2. The van der Waals surface area contributed by atoms with E-state index in [4.69, 9.17) is 0 Å². The molecule has 3 unspecified atom stereocenters. The quantitative estimate of drug-likeness (QED) is 0.788. The number of aliphatic hydroxyl groups is 1. The molecule has 1 aliphatic rings. The van der Waals surface area contributed by atoms with Gasteiger partial charge in [-0.3, -0.25) is 0 Å². The van der Waals surface area contributed by atoms with E-state index in [-0.39, 0.29) is 11.5 Å². The monoisotopic (exact) mass is 242 g/mol. The van der Waals surface area contributed by atoms with Crippen LogP contribution in [-0.2, 0) is 0 Å². The Hall–Kier alpha value is -0.120. The van der Waals surface area contributed by atoms with Crippen LogP contribution in [0.25, 0.3) is 0 Å². The Bertz CT molecular complexity index is 225. The van der Waals surface area contributed by atoms with Gasteiger partial charge in [0.05, 0.1) is 6.10 Å². The van der Waals surface area contributed by atoms with Gasteiger partial charge in [-0.05, 0) is 37.8 Å². The molecule has 102 valence electrons. The summed E-state index contributed by atoms with van der Waals surface area (Å²) in [5.74, 6) is 0.618. The number of hydrogen-bond acceptors (Lipinski definition) is 3. The topological polar surface area (TPSA) is 35.5 Å². The lowest BCUT2D eigenvalue weighted by Crippen LogP contribution is -2.48. The van der Waals surface area contributed by atoms with E-state index >= 15 is 0 Å². The van der Waals surface area contributed by atoms with Crippen LogP contribution in [0.3, 0.4) is 0 Å². The first kappa shape index (κ1) is 14.9. The predicted octanol–water partition coefficient (Wildman–Crippen LogP) is 1.71. The molecule has 1 aliphatic heterocycles. The molecule has 0 bridgehead atoms. The lowest BCUT2D eigenvalue weighted by molar-refractivity contribution is 0.0254. The fourth-order valence-electron chi connectivity index (χ4n) is 2.72. The SMILES string of the molecule is CCNC1CC(CC(O)C(C)(C)C)CN(C)C1. The number of hydrogen-bond donors (Lipinski definition) is 2. The number of nitrogens with one attached hydrogen (secondary N) is 1. The average molecular weight is 242 g/mol. The van der Waals surface area contributed by atoms with E-state index in [9.17, 15) is 5.11 Å². The highest BCUT2D eigenvalue weighted by atomic mass is 16.3. The van der Waals surface area contributed by atoms with E-state index < -0.39 is 0 Å². The van der Waals surface area contributed by atoms with Gasteiger partial charge in [-0.2, -0.15) is 0 Å². The second kappa shape index (κ2) is 6.17. The highest BCUT2D eigenvalue weighted by molar-refractivity contribution is 4.85. The zero-order valence-electron chi connectivity index (χ0n) is 12.2. The molecule has 1 heterocycles. The lowest BCUT2D eigenvalue weighted by atomic mass is 9.80. The van der Waals surface area contributed by atoms with Crippen molar-refractivity contribution >= 4 is 0 Å². The molecule has 1 rings (SSSR count). The van der Waals surface area contributed by atoms with Crippen LogP contribution in [0.1, 0.15) is 40.5 Å². The first-order valence-corrected chi connectivity index (χ1v) is 6.93. The number of nitrogens with zero attached hydrogens (tertiary/aromatic N) is 1. The molecular weight excluding hydrogens is 212 g/mol. The van der Waals surface area contributed by atoms with Crippen LogP contribution in [0.5, 0.6) is 0 Å². The molecule has 0 aromatic rings. The number of aliphatic hydroxyl groups excluding tert-OH is 1. The van der Waals surface area contributed by atoms with Crippen molar-refractivity contribution in [1.82, 2.24) is 10.2 Å². The van der Waals surface area contributed by atoms with E-state index in [2.05, 4.69) is 45.0 Å². The number of likely N-dealkylation sites (N-methyl/N-ethyl adjacent to an activating group) is 2. The highest BCUT2D eigenvalue weighted by Crippen LogP contribution is 2.28. The molecule has 1 fully saturated rings. The van der Waals surface area contributed by atoms with Gasteiger partial charge in [0.15, 0.2) is 0 Å². The molecule has 0 radical (unpaired) electrons. The van der Waals surface area contributed by atoms with Gasteiger partial charge in [0.2, 0.25) is 0 Å². The van der Waals surface area contributed by atoms with E-state index in [1.165, 1.54) is 6.42 Å². The summed E-state index contributed by atoms with van der Waals surface area (Å²) in [6.07, 6.45) is 1.93. The predicted molar refractivity (Wildman–Crippen MR) is 73.1 cm³/mol. The van der Waals surface area contributed by atoms with Crippen molar-refractivity contribution < 1.29 is 5.11 Å². The third kappa shape index (κ3) is 4.94. The fraction of sp³-hybridized carbons (Fsp3) is 1.00. The van der Waals surface area contributed by atoms with Gasteiger partial charge in [0.25, 0.3) is 0 Å². The highest BCUT2D eigenvalue weighted by Gasteiger charge is 2.30. The number of rotatable bonds is 4. The van der Waals surface area contributed by atoms with Crippen molar-refractivity contribution in [2.45, 2.75) is 52.7 Å². The minimum Gasteiger partial charge on any atom is -0.393 e. The first-order chi connectivity index (χ1) is 7.82.